The lowest BCUT2D eigenvalue weighted by atomic mass is 9.78. The lowest BCUT2D eigenvalue weighted by Gasteiger charge is -2.35. The molecule has 40 heavy (non-hydrogen) atoms. The first-order valence-corrected chi connectivity index (χ1v) is 16.9. The van der Waals surface area contributed by atoms with E-state index in [0.29, 0.717) is 29.9 Å². The van der Waals surface area contributed by atoms with E-state index in [2.05, 4.69) is 22.2 Å². The Balaban J connectivity index is 1.43. The number of benzene rings is 1. The van der Waals surface area contributed by atoms with Gasteiger partial charge in [0, 0.05) is 43.7 Å². The Morgan fingerprint density at radius 3 is 2.23 bits per heavy atom. The minimum atomic E-state index is -3.78. The Labute approximate surface area is 237 Å². The average molecular weight is 572 g/mol. The van der Waals surface area contributed by atoms with E-state index in [1.54, 1.807) is 16.7 Å². The molecule has 220 valence electrons. The Bertz CT molecular complexity index is 1480. The van der Waals surface area contributed by atoms with Crippen molar-refractivity contribution >= 4 is 20.9 Å². The van der Waals surface area contributed by atoms with Gasteiger partial charge in [-0.25, -0.2) is 28.4 Å². The van der Waals surface area contributed by atoms with E-state index in [1.807, 2.05) is 6.92 Å². The molecule has 1 unspecified atom stereocenters. The number of rotatable bonds is 7. The van der Waals surface area contributed by atoms with Crippen LogP contribution in [0.5, 0.6) is 0 Å². The van der Waals surface area contributed by atoms with Crippen molar-refractivity contribution in [3.63, 3.8) is 0 Å². The molecule has 1 aliphatic heterocycles. The van der Waals surface area contributed by atoms with E-state index in [9.17, 15) is 18.0 Å². The van der Waals surface area contributed by atoms with Crippen molar-refractivity contribution in [3.8, 4) is 0 Å². The van der Waals surface area contributed by atoms with Gasteiger partial charge in [0.1, 0.15) is 0 Å². The lowest BCUT2D eigenvalue weighted by Crippen LogP contribution is -2.51. The number of nitrogens with one attached hydrogen (secondary N) is 2. The zero-order chi connectivity index (χ0) is 28.1. The maximum Gasteiger partial charge on any atom is 0.331 e. The van der Waals surface area contributed by atoms with Gasteiger partial charge in [-0.05, 0) is 69.6 Å². The van der Waals surface area contributed by atoms with Gasteiger partial charge in [0.15, 0.2) is 0 Å². The first-order valence-electron chi connectivity index (χ1n) is 15.4. The van der Waals surface area contributed by atoms with E-state index >= 15 is 0 Å². The molecule has 10 heteroatoms. The summed E-state index contributed by atoms with van der Waals surface area (Å²) in [5.41, 5.74) is 3.10. The van der Waals surface area contributed by atoms with E-state index in [4.69, 9.17) is 0 Å². The highest BCUT2D eigenvalue weighted by Crippen LogP contribution is 2.38. The normalized spacial score (nSPS) is 25.4. The van der Waals surface area contributed by atoms with Crippen molar-refractivity contribution in [2.75, 3.05) is 13.6 Å². The van der Waals surface area contributed by atoms with Gasteiger partial charge in [0.05, 0.1) is 15.8 Å². The monoisotopic (exact) mass is 571 g/mol. The molecule has 1 atom stereocenters. The molecule has 1 spiro atoms. The number of hydrogen-bond acceptors (Lipinski definition) is 6. The summed E-state index contributed by atoms with van der Waals surface area (Å²) in [5, 5.41) is 2.45. The zero-order valence-electron chi connectivity index (χ0n) is 24.1. The summed E-state index contributed by atoms with van der Waals surface area (Å²) < 4.78 is 32.4. The number of fused-ring (bicyclic) bond motifs is 1. The van der Waals surface area contributed by atoms with Crippen LogP contribution in [0.2, 0.25) is 0 Å². The standard InChI is InChI=1S/C30H45N5O4S/c1-29(16-17-29)32-40(38,39)24-12-13-26-25(18-24)27(36)35(28(37)34(26)19-22-10-9-11-22)21-23-20-33(2)31-30(23)14-7-5-3-4-6-8-15-30/h12-13,18,22-23,31-32H,3-11,14-17,19-21H2,1-2H3. The predicted octanol–water partition coefficient (Wildman–Crippen LogP) is 3.73. The second kappa shape index (κ2) is 10.7. The molecular formula is C30H45N5O4S. The van der Waals surface area contributed by atoms with Crippen molar-refractivity contribution in [2.45, 2.75) is 119 Å². The molecular weight excluding hydrogens is 526 g/mol. The fraction of sp³-hybridized carbons (Fsp3) is 0.733. The smallest absolute Gasteiger partial charge is 0.293 e. The fourth-order valence-corrected chi connectivity index (χ4v) is 8.71. The molecule has 3 aliphatic carbocycles. The van der Waals surface area contributed by atoms with Crippen LogP contribution < -0.4 is 21.4 Å². The number of hydrogen-bond donors (Lipinski definition) is 2. The third-order valence-corrected chi connectivity index (χ3v) is 11.8. The Morgan fingerprint density at radius 1 is 0.925 bits per heavy atom. The van der Waals surface area contributed by atoms with Gasteiger partial charge in [-0.1, -0.05) is 44.9 Å². The van der Waals surface area contributed by atoms with E-state index in [0.717, 1.165) is 64.3 Å². The molecule has 6 rings (SSSR count). The Hall–Kier alpha value is -2.01. The quantitative estimate of drug-likeness (QED) is 0.525. The third-order valence-electron chi connectivity index (χ3n) is 10.1. The molecule has 9 nitrogen and oxygen atoms in total. The summed E-state index contributed by atoms with van der Waals surface area (Å²) in [7, 11) is -1.73. The van der Waals surface area contributed by atoms with Gasteiger partial charge in [-0.2, -0.15) is 0 Å². The summed E-state index contributed by atoms with van der Waals surface area (Å²) in [4.78, 5) is 28.2. The molecule has 1 aromatic carbocycles. The summed E-state index contributed by atoms with van der Waals surface area (Å²) in [5.74, 6) is 0.519. The van der Waals surface area contributed by atoms with E-state index < -0.39 is 15.6 Å². The van der Waals surface area contributed by atoms with Crippen LogP contribution in [0.4, 0.5) is 0 Å². The topological polar surface area (TPSA) is 105 Å². The third kappa shape index (κ3) is 5.44. The van der Waals surface area contributed by atoms with Crippen molar-refractivity contribution in [1.29, 1.82) is 0 Å². The SMILES string of the molecule is CN1CC(Cn2c(=O)c3cc(S(=O)(=O)NC4(C)CC4)ccc3n(CC3CCC3)c2=O)C2(CCCCCCCC2)N1. The molecule has 4 aliphatic rings. The average Bonchev–Trinajstić information content (AvgIpc) is 3.48. The highest BCUT2D eigenvalue weighted by atomic mass is 32.2. The predicted molar refractivity (Wildman–Crippen MR) is 157 cm³/mol. The van der Waals surface area contributed by atoms with Crippen LogP contribution in [-0.2, 0) is 23.1 Å². The molecule has 4 fully saturated rings. The molecule has 0 radical (unpaired) electrons. The first-order chi connectivity index (χ1) is 19.1. The molecule has 3 saturated carbocycles. The van der Waals surface area contributed by atoms with Crippen LogP contribution in [-0.4, -0.2) is 47.2 Å². The maximum atomic E-state index is 14.1. The van der Waals surface area contributed by atoms with E-state index in [-0.39, 0.29) is 27.6 Å². The Kier molecular flexibility index (Phi) is 7.51. The van der Waals surface area contributed by atoms with Gasteiger partial charge in [-0.15, -0.1) is 0 Å². The summed E-state index contributed by atoms with van der Waals surface area (Å²) in [6.07, 6.45) is 14.2. The van der Waals surface area contributed by atoms with Crippen molar-refractivity contribution in [1.82, 2.24) is 24.3 Å². The second-order valence-electron chi connectivity index (χ2n) is 13.4. The molecule has 2 N–H and O–H groups in total. The molecule has 0 amide bonds. The summed E-state index contributed by atoms with van der Waals surface area (Å²) in [6, 6.07) is 4.70. The number of hydrazine groups is 1. The molecule has 2 aromatic rings. The molecule has 1 saturated heterocycles. The zero-order valence-corrected chi connectivity index (χ0v) is 24.9. The van der Waals surface area contributed by atoms with Crippen LogP contribution in [0, 0.1) is 11.8 Å². The van der Waals surface area contributed by atoms with Crippen LogP contribution >= 0.6 is 0 Å². The van der Waals surface area contributed by atoms with Gasteiger partial charge in [0.25, 0.3) is 5.56 Å². The highest BCUT2D eigenvalue weighted by Gasteiger charge is 2.45. The first kappa shape index (κ1) is 28.1. The molecule has 0 bridgehead atoms. The summed E-state index contributed by atoms with van der Waals surface area (Å²) >= 11 is 0. The molecule has 2 heterocycles. The minimum absolute atomic E-state index is 0.0839. The second-order valence-corrected chi connectivity index (χ2v) is 15.1. The largest absolute Gasteiger partial charge is 0.331 e. The van der Waals surface area contributed by atoms with Gasteiger partial charge in [-0.3, -0.25) is 13.9 Å². The lowest BCUT2D eigenvalue weighted by molar-refractivity contribution is 0.176. The Morgan fingerprint density at radius 2 is 1.60 bits per heavy atom. The van der Waals surface area contributed by atoms with Gasteiger partial charge >= 0.3 is 5.69 Å². The minimum Gasteiger partial charge on any atom is -0.293 e. The van der Waals surface area contributed by atoms with Crippen molar-refractivity contribution in [2.24, 2.45) is 11.8 Å². The molecule has 1 aromatic heterocycles. The van der Waals surface area contributed by atoms with Gasteiger partial charge < -0.3 is 0 Å². The van der Waals surface area contributed by atoms with Crippen molar-refractivity contribution < 1.29 is 8.42 Å². The van der Waals surface area contributed by atoms with Crippen LogP contribution in [0.25, 0.3) is 10.9 Å². The van der Waals surface area contributed by atoms with Crippen LogP contribution in [0.1, 0.15) is 90.4 Å². The number of aromatic nitrogens is 2. The number of nitrogens with zero attached hydrogens (tertiary/aromatic N) is 3. The number of sulfonamides is 1. The maximum absolute atomic E-state index is 14.1. The van der Waals surface area contributed by atoms with Crippen LogP contribution in [0.15, 0.2) is 32.7 Å². The summed E-state index contributed by atoms with van der Waals surface area (Å²) in [6.45, 7) is 3.56. The van der Waals surface area contributed by atoms with E-state index in [1.165, 1.54) is 36.3 Å². The fourth-order valence-electron chi connectivity index (χ4n) is 7.22. The van der Waals surface area contributed by atoms with Gasteiger partial charge in [0.2, 0.25) is 10.0 Å². The highest BCUT2D eigenvalue weighted by molar-refractivity contribution is 7.89. The van der Waals surface area contributed by atoms with Crippen LogP contribution in [0.3, 0.4) is 0 Å². The van der Waals surface area contributed by atoms with Crippen molar-refractivity contribution in [3.05, 3.63) is 39.0 Å².